The van der Waals surface area contributed by atoms with E-state index in [0.29, 0.717) is 11.8 Å². The Kier molecular flexibility index (Phi) is 5.06. The number of rotatable bonds is 2. The van der Waals surface area contributed by atoms with Crippen LogP contribution in [0.5, 0.6) is 0 Å². The molecular weight excluding hydrogens is 320 g/mol. The van der Waals surface area contributed by atoms with Gasteiger partial charge in [-0.1, -0.05) is 19.9 Å². The maximum absolute atomic E-state index is 4.34. The van der Waals surface area contributed by atoms with Gasteiger partial charge in [0.15, 0.2) is 0 Å². The highest BCUT2D eigenvalue weighted by Crippen LogP contribution is 2.48. The Morgan fingerprint density at radius 3 is 2.67 bits per heavy atom. The van der Waals surface area contributed by atoms with Crippen LogP contribution in [-0.4, -0.2) is 9.55 Å². The van der Waals surface area contributed by atoms with Gasteiger partial charge in [0, 0.05) is 19.2 Å². The molecule has 1 unspecified atom stereocenters. The van der Waals surface area contributed by atoms with Crippen LogP contribution in [-0.2, 0) is 7.05 Å². The number of imidazole rings is 1. The van der Waals surface area contributed by atoms with Crippen molar-refractivity contribution in [3.63, 3.8) is 0 Å². The zero-order valence-electron chi connectivity index (χ0n) is 9.24. The fourth-order valence-electron chi connectivity index (χ4n) is 1.53. The number of nitrogens with zero attached hydrogens (tertiary/aromatic N) is 2. The number of aryl methyl sites for hydroxylation is 1. The van der Waals surface area contributed by atoms with Gasteiger partial charge in [-0.05, 0) is 44.2 Å². The molecule has 0 aliphatic heterocycles. The lowest BCUT2D eigenvalue weighted by Gasteiger charge is -1.89. The van der Waals surface area contributed by atoms with Crippen LogP contribution in [0.4, 0.5) is 0 Å². The lowest BCUT2D eigenvalue weighted by molar-refractivity contribution is 0.910. The van der Waals surface area contributed by atoms with Crippen LogP contribution in [0.15, 0.2) is 22.0 Å². The van der Waals surface area contributed by atoms with Crippen molar-refractivity contribution >= 4 is 31.9 Å². The number of halogens is 2. The lowest BCUT2D eigenvalue weighted by Crippen LogP contribution is -1.81. The summed E-state index contributed by atoms with van der Waals surface area (Å²) in [5.74, 6) is 1.29. The molecule has 1 heterocycles. The highest BCUT2D eigenvalue weighted by atomic mass is 79.9. The molecule has 2 atom stereocenters. The molecule has 84 valence electrons. The molecule has 0 aromatic carbocycles. The molecule has 15 heavy (non-hydrogen) atoms. The summed E-state index contributed by atoms with van der Waals surface area (Å²) in [4.78, 5) is 4.34. The van der Waals surface area contributed by atoms with Gasteiger partial charge in [0.05, 0.1) is 15.4 Å². The topological polar surface area (TPSA) is 17.8 Å². The van der Waals surface area contributed by atoms with Gasteiger partial charge in [-0.2, -0.15) is 0 Å². The quantitative estimate of drug-likeness (QED) is 0.792. The molecule has 1 aromatic rings. The van der Waals surface area contributed by atoms with Crippen LogP contribution in [0.2, 0.25) is 0 Å². The number of aromatic nitrogens is 2. The summed E-state index contributed by atoms with van der Waals surface area (Å²) in [7, 11) is 2.00. The van der Waals surface area contributed by atoms with E-state index >= 15 is 0 Å². The average Bonchev–Trinajstić information content (AvgIpc) is 2.81. The van der Waals surface area contributed by atoms with E-state index in [0.717, 1.165) is 3.39 Å². The Morgan fingerprint density at radius 1 is 1.53 bits per heavy atom. The summed E-state index contributed by atoms with van der Waals surface area (Å²) in [5.41, 5.74) is 1.21. The molecule has 0 saturated heterocycles. The highest BCUT2D eigenvalue weighted by Gasteiger charge is 2.38. The summed E-state index contributed by atoms with van der Waals surface area (Å²) in [6.45, 7) is 4.00. The van der Waals surface area contributed by atoms with Gasteiger partial charge in [-0.3, -0.25) is 0 Å². The van der Waals surface area contributed by atoms with Crippen LogP contribution in [0.3, 0.4) is 0 Å². The molecular formula is C11H16Br2N2. The summed E-state index contributed by atoms with van der Waals surface area (Å²) in [6, 6.07) is 0. The van der Waals surface area contributed by atoms with E-state index in [-0.39, 0.29) is 0 Å². The van der Waals surface area contributed by atoms with Gasteiger partial charge in [-0.25, -0.2) is 4.98 Å². The van der Waals surface area contributed by atoms with E-state index in [1.54, 1.807) is 0 Å². The molecule has 1 aliphatic rings. The molecule has 1 fully saturated rings. The molecule has 1 aromatic heterocycles. The first-order valence-corrected chi connectivity index (χ1v) is 6.76. The summed E-state index contributed by atoms with van der Waals surface area (Å²) >= 11 is 6.74. The zero-order chi connectivity index (χ0) is 11.4. The molecule has 0 N–H and O–H groups in total. The molecule has 2 nitrogen and oxygen atoms in total. The third kappa shape index (κ3) is 3.76. The molecule has 0 amide bonds. The largest absolute Gasteiger partial charge is 0.340 e. The minimum absolute atomic E-state index is 0.631. The van der Waals surface area contributed by atoms with E-state index in [1.165, 1.54) is 12.1 Å². The minimum atomic E-state index is 0.631. The molecule has 0 bridgehead atoms. The van der Waals surface area contributed by atoms with Crippen molar-refractivity contribution in [1.29, 1.82) is 0 Å². The standard InChI is InChI=1S/C9H10Br2N2.C2H6/c1-13-4-8(12-5-13)7-2-6(7)3-9(10)11;1-2/h3-7H,2H2,1H3;1-2H3/t6?,7-;/m1./s1. The molecule has 0 radical (unpaired) electrons. The average molecular weight is 336 g/mol. The van der Waals surface area contributed by atoms with Gasteiger partial charge >= 0.3 is 0 Å². The number of hydrogen-bond acceptors (Lipinski definition) is 1. The zero-order valence-corrected chi connectivity index (χ0v) is 12.4. The van der Waals surface area contributed by atoms with Gasteiger partial charge in [0.25, 0.3) is 0 Å². The van der Waals surface area contributed by atoms with Crippen molar-refractivity contribution in [2.24, 2.45) is 13.0 Å². The van der Waals surface area contributed by atoms with Crippen molar-refractivity contribution in [3.8, 4) is 0 Å². The normalized spacial score (nSPS) is 22.7. The van der Waals surface area contributed by atoms with Crippen molar-refractivity contribution in [2.75, 3.05) is 0 Å². The predicted octanol–water partition coefficient (Wildman–Crippen LogP) is 4.18. The first kappa shape index (κ1) is 13.0. The number of allylic oxidation sites excluding steroid dienone is 1. The monoisotopic (exact) mass is 334 g/mol. The van der Waals surface area contributed by atoms with Gasteiger partial charge in [-0.15, -0.1) is 0 Å². The summed E-state index contributed by atoms with van der Waals surface area (Å²) < 4.78 is 3.04. The Labute approximate surface area is 108 Å². The van der Waals surface area contributed by atoms with Crippen LogP contribution in [0.25, 0.3) is 0 Å². The fourth-order valence-corrected chi connectivity index (χ4v) is 2.20. The molecule has 1 aliphatic carbocycles. The van der Waals surface area contributed by atoms with E-state index < -0.39 is 0 Å². The Balaban J connectivity index is 0.000000531. The van der Waals surface area contributed by atoms with Crippen LogP contribution in [0, 0.1) is 5.92 Å². The molecule has 4 heteroatoms. The third-order valence-corrected chi connectivity index (χ3v) is 2.81. The summed E-state index contributed by atoms with van der Waals surface area (Å²) in [6.07, 6.45) is 7.37. The highest BCUT2D eigenvalue weighted by molar-refractivity contribution is 9.28. The Hall–Kier alpha value is -0.0900. The first-order valence-electron chi connectivity index (χ1n) is 5.17. The van der Waals surface area contributed by atoms with Crippen LogP contribution in [0.1, 0.15) is 31.9 Å². The van der Waals surface area contributed by atoms with Gasteiger partial charge in [0.1, 0.15) is 0 Å². The molecule has 1 saturated carbocycles. The first-order chi connectivity index (χ1) is 7.16. The van der Waals surface area contributed by atoms with E-state index in [4.69, 9.17) is 0 Å². The Morgan fingerprint density at radius 2 is 2.20 bits per heavy atom. The molecule has 0 spiro atoms. The third-order valence-electron chi connectivity index (χ3n) is 2.28. The van der Waals surface area contributed by atoms with Crippen LogP contribution >= 0.6 is 31.9 Å². The minimum Gasteiger partial charge on any atom is -0.340 e. The lowest BCUT2D eigenvalue weighted by atomic mass is 10.2. The second kappa shape index (κ2) is 5.85. The Bertz CT molecular complexity index is 340. The van der Waals surface area contributed by atoms with Crippen molar-refractivity contribution in [3.05, 3.63) is 27.7 Å². The van der Waals surface area contributed by atoms with Gasteiger partial charge < -0.3 is 4.57 Å². The molecule has 2 rings (SSSR count). The fraction of sp³-hybridized carbons (Fsp3) is 0.545. The van der Waals surface area contributed by atoms with Crippen molar-refractivity contribution in [2.45, 2.75) is 26.2 Å². The second-order valence-electron chi connectivity index (χ2n) is 3.43. The van der Waals surface area contributed by atoms with E-state index in [2.05, 4.69) is 49.1 Å². The predicted molar refractivity (Wildman–Crippen MR) is 71.3 cm³/mol. The van der Waals surface area contributed by atoms with E-state index in [9.17, 15) is 0 Å². The SMILES string of the molecule is CC.Cn1cnc([C@@H]2CC2C=C(Br)Br)c1. The van der Waals surface area contributed by atoms with Crippen molar-refractivity contribution < 1.29 is 0 Å². The van der Waals surface area contributed by atoms with Crippen molar-refractivity contribution in [1.82, 2.24) is 9.55 Å². The number of hydrogen-bond donors (Lipinski definition) is 0. The second-order valence-corrected chi connectivity index (χ2v) is 6.20. The van der Waals surface area contributed by atoms with E-state index in [1.807, 2.05) is 31.8 Å². The smallest absolute Gasteiger partial charge is 0.0946 e. The maximum Gasteiger partial charge on any atom is 0.0946 e. The summed E-state index contributed by atoms with van der Waals surface area (Å²) in [5, 5.41) is 0. The van der Waals surface area contributed by atoms with Gasteiger partial charge in [0.2, 0.25) is 0 Å². The maximum atomic E-state index is 4.34. The van der Waals surface area contributed by atoms with Crippen LogP contribution < -0.4 is 0 Å².